The highest BCUT2D eigenvalue weighted by Crippen LogP contribution is 2.40. The first kappa shape index (κ1) is 24.6. The molecular weight excluding hydrogens is 465 g/mol. The molecule has 2 aromatic carbocycles. The molecule has 1 aromatic heterocycles. The van der Waals surface area contributed by atoms with E-state index in [1.165, 1.54) is 40.4 Å². The van der Waals surface area contributed by atoms with Crippen molar-refractivity contribution in [2.75, 3.05) is 0 Å². The summed E-state index contributed by atoms with van der Waals surface area (Å²) in [5.74, 6) is 4.41. The Morgan fingerprint density at radius 1 is 1.08 bits per heavy atom. The Hall–Kier alpha value is -3.13. The van der Waals surface area contributed by atoms with E-state index in [2.05, 4.69) is 5.10 Å². The molecule has 0 saturated heterocycles. The van der Waals surface area contributed by atoms with E-state index in [1.54, 1.807) is 6.07 Å². The van der Waals surface area contributed by atoms with Gasteiger partial charge in [-0.2, -0.15) is 5.10 Å². The predicted octanol–water partition coefficient (Wildman–Crippen LogP) is 5.85. The number of rotatable bonds is 6. The average Bonchev–Trinajstić information content (AvgIpc) is 3.44. The summed E-state index contributed by atoms with van der Waals surface area (Å²) in [6, 6.07) is 9.54. The van der Waals surface area contributed by atoms with Gasteiger partial charge in [-0.05, 0) is 74.8 Å². The summed E-state index contributed by atoms with van der Waals surface area (Å²) in [7, 11) is 0. The lowest BCUT2D eigenvalue weighted by Gasteiger charge is -2.33. The number of amides is 1. The summed E-state index contributed by atoms with van der Waals surface area (Å²) in [6.45, 7) is 1.97. The van der Waals surface area contributed by atoms with Gasteiger partial charge < -0.3 is 0 Å². The Labute approximate surface area is 209 Å². The van der Waals surface area contributed by atoms with Crippen molar-refractivity contribution in [3.63, 3.8) is 0 Å². The van der Waals surface area contributed by atoms with Crippen molar-refractivity contribution in [1.29, 1.82) is 0 Å². The minimum absolute atomic E-state index is 0.0711. The van der Waals surface area contributed by atoms with E-state index in [-0.39, 0.29) is 29.2 Å². The van der Waals surface area contributed by atoms with Crippen molar-refractivity contribution >= 4 is 5.91 Å². The summed E-state index contributed by atoms with van der Waals surface area (Å²) in [5.41, 5.74) is 2.52. The SMILES string of the molecule is C[C@H](C1CCCCC1)N(N)C(=O)c1nn(-c2ccc(F)cc2F)c2c1CCC2Cc1cccc(F)c1. The molecule has 0 spiro atoms. The maximum Gasteiger partial charge on any atom is 0.288 e. The van der Waals surface area contributed by atoms with Crippen LogP contribution in [0.3, 0.4) is 0 Å². The number of halogens is 3. The highest BCUT2D eigenvalue weighted by atomic mass is 19.1. The fourth-order valence-corrected chi connectivity index (χ4v) is 5.89. The van der Waals surface area contributed by atoms with Crippen LogP contribution < -0.4 is 5.84 Å². The number of carbonyl (C=O) groups excluding carboxylic acids is 1. The molecule has 1 heterocycles. The van der Waals surface area contributed by atoms with Gasteiger partial charge in [-0.3, -0.25) is 9.80 Å². The van der Waals surface area contributed by atoms with Crippen LogP contribution in [0.4, 0.5) is 13.2 Å². The lowest BCUT2D eigenvalue weighted by molar-refractivity contribution is 0.0589. The van der Waals surface area contributed by atoms with Crippen LogP contribution in [0, 0.1) is 23.4 Å². The standard InChI is InChI=1S/C28H31F3N4O/c1-17(19-7-3-2-4-8-19)34(32)28(36)26-23-12-10-20(14-18-6-5-9-21(29)15-18)27(23)35(33-26)25-13-11-22(30)16-24(25)31/h5-6,9,11,13,15-17,19-20H,2-4,7-8,10,12,14,32H2,1H3/t17-,20?/m1/s1. The molecule has 0 aliphatic heterocycles. The van der Waals surface area contributed by atoms with Crippen LogP contribution >= 0.6 is 0 Å². The largest absolute Gasteiger partial charge is 0.288 e. The monoisotopic (exact) mass is 496 g/mol. The van der Waals surface area contributed by atoms with E-state index in [1.807, 2.05) is 13.0 Å². The molecule has 8 heteroatoms. The third kappa shape index (κ3) is 4.66. The minimum Gasteiger partial charge on any atom is -0.272 e. The number of hydrogen-bond donors (Lipinski definition) is 1. The van der Waals surface area contributed by atoms with Crippen LogP contribution in [0.15, 0.2) is 42.5 Å². The van der Waals surface area contributed by atoms with Gasteiger partial charge in [0.2, 0.25) is 0 Å². The number of fused-ring (bicyclic) bond motifs is 1. The molecule has 190 valence electrons. The fraction of sp³-hybridized carbons (Fsp3) is 0.429. The molecule has 2 aliphatic carbocycles. The molecule has 3 aromatic rings. The quantitative estimate of drug-likeness (QED) is 0.265. The van der Waals surface area contributed by atoms with E-state index < -0.39 is 17.5 Å². The number of hydrogen-bond acceptors (Lipinski definition) is 3. The van der Waals surface area contributed by atoms with Gasteiger partial charge in [0.25, 0.3) is 5.91 Å². The lowest BCUT2D eigenvalue weighted by atomic mass is 9.84. The van der Waals surface area contributed by atoms with Gasteiger partial charge in [0.15, 0.2) is 11.5 Å². The minimum atomic E-state index is -0.768. The van der Waals surface area contributed by atoms with Crippen molar-refractivity contribution in [1.82, 2.24) is 14.8 Å². The Morgan fingerprint density at radius 3 is 2.56 bits per heavy atom. The third-order valence-corrected chi connectivity index (χ3v) is 7.87. The van der Waals surface area contributed by atoms with Gasteiger partial charge in [-0.25, -0.2) is 23.7 Å². The van der Waals surface area contributed by atoms with Crippen LogP contribution in [-0.4, -0.2) is 26.7 Å². The van der Waals surface area contributed by atoms with Gasteiger partial charge in [0, 0.05) is 23.6 Å². The third-order valence-electron chi connectivity index (χ3n) is 7.87. The van der Waals surface area contributed by atoms with E-state index in [9.17, 15) is 18.0 Å². The van der Waals surface area contributed by atoms with E-state index in [0.29, 0.717) is 30.9 Å². The first-order chi connectivity index (χ1) is 17.3. The molecule has 5 nitrogen and oxygen atoms in total. The van der Waals surface area contributed by atoms with Gasteiger partial charge in [-0.15, -0.1) is 0 Å². The Bertz CT molecular complexity index is 1270. The molecule has 1 unspecified atom stereocenters. The van der Waals surface area contributed by atoms with Crippen molar-refractivity contribution < 1.29 is 18.0 Å². The number of benzene rings is 2. The maximum absolute atomic E-state index is 14.9. The number of nitrogens with two attached hydrogens (primary N) is 1. The van der Waals surface area contributed by atoms with Gasteiger partial charge in [0.1, 0.15) is 17.3 Å². The van der Waals surface area contributed by atoms with E-state index >= 15 is 0 Å². The van der Waals surface area contributed by atoms with Crippen LogP contribution in [-0.2, 0) is 12.8 Å². The normalized spacial score (nSPS) is 18.8. The molecule has 36 heavy (non-hydrogen) atoms. The zero-order valence-corrected chi connectivity index (χ0v) is 20.4. The van der Waals surface area contributed by atoms with Crippen LogP contribution in [0.1, 0.15) is 78.7 Å². The molecule has 2 atom stereocenters. The maximum atomic E-state index is 14.9. The molecule has 2 aliphatic rings. The molecule has 1 fully saturated rings. The number of hydrazine groups is 1. The molecule has 1 saturated carbocycles. The Balaban J connectivity index is 1.53. The summed E-state index contributed by atoms with van der Waals surface area (Å²) >= 11 is 0. The lowest BCUT2D eigenvalue weighted by Crippen LogP contribution is -2.48. The van der Waals surface area contributed by atoms with Crippen molar-refractivity contribution in [3.05, 3.63) is 82.4 Å². The second kappa shape index (κ2) is 10.1. The second-order valence-corrected chi connectivity index (χ2v) is 10.1. The molecule has 0 radical (unpaired) electrons. The molecule has 1 amide bonds. The van der Waals surface area contributed by atoms with Crippen molar-refractivity contribution in [3.8, 4) is 5.69 Å². The average molecular weight is 497 g/mol. The Morgan fingerprint density at radius 2 is 1.83 bits per heavy atom. The van der Waals surface area contributed by atoms with Crippen LogP contribution in [0.25, 0.3) is 5.69 Å². The summed E-state index contributed by atoms with van der Waals surface area (Å²) in [5, 5.41) is 5.84. The Kier molecular flexibility index (Phi) is 6.88. The number of carbonyl (C=O) groups is 1. The zero-order valence-electron chi connectivity index (χ0n) is 20.4. The first-order valence-electron chi connectivity index (χ1n) is 12.7. The topological polar surface area (TPSA) is 64.2 Å². The molecule has 5 rings (SSSR count). The fourth-order valence-electron chi connectivity index (χ4n) is 5.89. The second-order valence-electron chi connectivity index (χ2n) is 10.1. The zero-order chi connectivity index (χ0) is 25.4. The molecule has 2 N–H and O–H groups in total. The van der Waals surface area contributed by atoms with E-state index in [0.717, 1.165) is 42.9 Å². The molecular formula is C28H31F3N4O. The van der Waals surface area contributed by atoms with Gasteiger partial charge in [-0.1, -0.05) is 31.4 Å². The van der Waals surface area contributed by atoms with Crippen molar-refractivity contribution in [2.24, 2.45) is 11.8 Å². The number of nitrogens with zero attached hydrogens (tertiary/aromatic N) is 3. The summed E-state index contributed by atoms with van der Waals surface area (Å²) in [4.78, 5) is 13.6. The summed E-state index contributed by atoms with van der Waals surface area (Å²) < 4.78 is 43.8. The highest BCUT2D eigenvalue weighted by molar-refractivity contribution is 5.94. The van der Waals surface area contributed by atoms with Crippen LogP contribution in [0.5, 0.6) is 0 Å². The van der Waals surface area contributed by atoms with Gasteiger partial charge >= 0.3 is 0 Å². The van der Waals surface area contributed by atoms with Crippen LogP contribution in [0.2, 0.25) is 0 Å². The molecule has 0 bridgehead atoms. The predicted molar refractivity (Wildman–Crippen MR) is 131 cm³/mol. The highest BCUT2D eigenvalue weighted by Gasteiger charge is 2.37. The smallest absolute Gasteiger partial charge is 0.272 e. The first-order valence-corrected chi connectivity index (χ1v) is 12.7. The van der Waals surface area contributed by atoms with E-state index in [4.69, 9.17) is 5.84 Å². The number of aromatic nitrogens is 2. The van der Waals surface area contributed by atoms with Crippen molar-refractivity contribution in [2.45, 2.75) is 70.3 Å². The van der Waals surface area contributed by atoms with Gasteiger partial charge in [0.05, 0.1) is 5.69 Å². The summed E-state index contributed by atoms with van der Waals surface area (Å²) in [6.07, 6.45) is 7.32.